The van der Waals surface area contributed by atoms with Gasteiger partial charge in [-0.3, -0.25) is 4.79 Å². The summed E-state index contributed by atoms with van der Waals surface area (Å²) in [7, 11) is 0. The first-order valence-electron chi connectivity index (χ1n) is 6.51. The minimum absolute atomic E-state index is 0.347. The standard InChI is InChI=1S/C16H19NO/c1-2-3-6-12-9-10-14(16(17)18)15(11-12)13-7-4-5-8-13/h4-5,7,9-11H,2-3,6,8H2,1H3,(H2,17,18). The normalized spacial score (nSPS) is 13.7. The summed E-state index contributed by atoms with van der Waals surface area (Å²) in [6.45, 7) is 2.18. The summed E-state index contributed by atoms with van der Waals surface area (Å²) in [6.07, 6.45) is 10.5. The molecule has 2 heteroatoms. The summed E-state index contributed by atoms with van der Waals surface area (Å²) in [4.78, 5) is 11.5. The molecule has 1 amide bonds. The van der Waals surface area contributed by atoms with Crippen LogP contribution < -0.4 is 5.73 Å². The molecule has 0 aromatic heterocycles. The number of amides is 1. The third kappa shape index (κ3) is 2.70. The van der Waals surface area contributed by atoms with E-state index < -0.39 is 0 Å². The predicted molar refractivity (Wildman–Crippen MR) is 75.3 cm³/mol. The Hall–Kier alpha value is -1.83. The first-order valence-corrected chi connectivity index (χ1v) is 6.51. The Morgan fingerprint density at radius 3 is 2.83 bits per heavy atom. The molecule has 0 unspecified atom stereocenters. The fraction of sp³-hybridized carbons (Fsp3) is 0.312. The van der Waals surface area contributed by atoms with Gasteiger partial charge in [-0.05, 0) is 42.0 Å². The molecular weight excluding hydrogens is 222 g/mol. The monoisotopic (exact) mass is 241 g/mol. The summed E-state index contributed by atoms with van der Waals surface area (Å²) in [5, 5.41) is 0. The van der Waals surface area contributed by atoms with Gasteiger partial charge >= 0.3 is 0 Å². The number of allylic oxidation sites excluding steroid dienone is 4. The van der Waals surface area contributed by atoms with Crippen molar-refractivity contribution in [1.29, 1.82) is 0 Å². The van der Waals surface area contributed by atoms with Gasteiger partial charge in [0.25, 0.3) is 0 Å². The van der Waals surface area contributed by atoms with Gasteiger partial charge < -0.3 is 5.73 Å². The molecule has 1 aromatic rings. The Morgan fingerprint density at radius 2 is 2.22 bits per heavy atom. The largest absolute Gasteiger partial charge is 0.366 e. The molecule has 0 radical (unpaired) electrons. The van der Waals surface area contributed by atoms with Gasteiger partial charge in [0.05, 0.1) is 0 Å². The van der Waals surface area contributed by atoms with Crippen molar-refractivity contribution in [1.82, 2.24) is 0 Å². The van der Waals surface area contributed by atoms with Crippen molar-refractivity contribution in [2.24, 2.45) is 5.73 Å². The molecule has 1 aromatic carbocycles. The quantitative estimate of drug-likeness (QED) is 0.842. The van der Waals surface area contributed by atoms with Gasteiger partial charge in [-0.25, -0.2) is 0 Å². The number of aryl methyl sites for hydroxylation is 1. The number of nitrogens with two attached hydrogens (primary N) is 1. The molecule has 1 aliphatic rings. The molecule has 0 spiro atoms. The van der Waals surface area contributed by atoms with Gasteiger partial charge in [-0.15, -0.1) is 0 Å². The van der Waals surface area contributed by atoms with Crippen LogP contribution in [0.3, 0.4) is 0 Å². The van der Waals surface area contributed by atoms with Crippen molar-refractivity contribution in [3.8, 4) is 0 Å². The first kappa shape index (κ1) is 12.6. The van der Waals surface area contributed by atoms with Crippen molar-refractivity contribution in [3.63, 3.8) is 0 Å². The van der Waals surface area contributed by atoms with Crippen molar-refractivity contribution in [2.45, 2.75) is 32.6 Å². The molecule has 94 valence electrons. The van der Waals surface area contributed by atoms with Crippen LogP contribution in [0.4, 0.5) is 0 Å². The smallest absolute Gasteiger partial charge is 0.249 e. The number of hydrogen-bond acceptors (Lipinski definition) is 1. The Kier molecular flexibility index (Phi) is 3.98. The lowest BCUT2D eigenvalue weighted by molar-refractivity contribution is 0.1000. The average Bonchev–Trinajstić information content (AvgIpc) is 2.89. The molecule has 1 aliphatic carbocycles. The second-order valence-electron chi connectivity index (χ2n) is 4.67. The van der Waals surface area contributed by atoms with Crippen LogP contribution in [0.15, 0.2) is 36.4 Å². The number of carbonyl (C=O) groups is 1. The van der Waals surface area contributed by atoms with E-state index in [2.05, 4.69) is 25.1 Å². The highest BCUT2D eigenvalue weighted by Crippen LogP contribution is 2.27. The van der Waals surface area contributed by atoms with E-state index in [9.17, 15) is 4.79 Å². The number of benzene rings is 1. The molecule has 0 aliphatic heterocycles. The summed E-state index contributed by atoms with van der Waals surface area (Å²) in [5.74, 6) is -0.347. The molecule has 0 saturated carbocycles. The van der Waals surface area contributed by atoms with Gasteiger partial charge in [0.1, 0.15) is 0 Å². The van der Waals surface area contributed by atoms with E-state index in [0.29, 0.717) is 5.56 Å². The van der Waals surface area contributed by atoms with Crippen LogP contribution in [0.25, 0.3) is 5.57 Å². The average molecular weight is 241 g/mol. The van der Waals surface area contributed by atoms with Crippen molar-refractivity contribution in [3.05, 3.63) is 53.1 Å². The zero-order valence-corrected chi connectivity index (χ0v) is 10.8. The van der Waals surface area contributed by atoms with Gasteiger partial charge in [0, 0.05) is 5.56 Å². The lowest BCUT2D eigenvalue weighted by Crippen LogP contribution is -2.13. The number of rotatable bonds is 5. The summed E-state index contributed by atoms with van der Waals surface area (Å²) in [5.41, 5.74) is 9.54. The third-order valence-corrected chi connectivity index (χ3v) is 3.29. The first-order chi connectivity index (χ1) is 8.72. The number of hydrogen-bond donors (Lipinski definition) is 1. The van der Waals surface area contributed by atoms with Crippen LogP contribution in [0.5, 0.6) is 0 Å². The van der Waals surface area contributed by atoms with Crippen LogP contribution >= 0.6 is 0 Å². The highest BCUT2D eigenvalue weighted by molar-refractivity contribution is 5.98. The highest BCUT2D eigenvalue weighted by Gasteiger charge is 2.13. The van der Waals surface area contributed by atoms with Gasteiger partial charge in [-0.1, -0.05) is 43.7 Å². The molecule has 0 heterocycles. The molecule has 0 saturated heterocycles. The zero-order chi connectivity index (χ0) is 13.0. The molecular formula is C16H19NO. The van der Waals surface area contributed by atoms with Gasteiger partial charge in [0.2, 0.25) is 5.91 Å². The fourth-order valence-electron chi connectivity index (χ4n) is 2.26. The van der Waals surface area contributed by atoms with Crippen LogP contribution in [-0.4, -0.2) is 5.91 Å². The van der Waals surface area contributed by atoms with Crippen molar-refractivity contribution >= 4 is 11.5 Å². The van der Waals surface area contributed by atoms with Crippen LogP contribution in [0.2, 0.25) is 0 Å². The minimum Gasteiger partial charge on any atom is -0.366 e. The molecule has 0 fully saturated rings. The van der Waals surface area contributed by atoms with E-state index in [1.165, 1.54) is 24.0 Å². The minimum atomic E-state index is -0.347. The molecule has 2 nitrogen and oxygen atoms in total. The van der Waals surface area contributed by atoms with E-state index in [4.69, 9.17) is 5.73 Å². The summed E-state index contributed by atoms with van der Waals surface area (Å²) >= 11 is 0. The fourth-order valence-corrected chi connectivity index (χ4v) is 2.26. The highest BCUT2D eigenvalue weighted by atomic mass is 16.1. The second kappa shape index (κ2) is 5.67. The van der Waals surface area contributed by atoms with Crippen molar-refractivity contribution in [2.75, 3.05) is 0 Å². The maximum atomic E-state index is 11.5. The van der Waals surface area contributed by atoms with Crippen LogP contribution in [0.1, 0.15) is 47.7 Å². The lowest BCUT2D eigenvalue weighted by Gasteiger charge is -2.10. The SMILES string of the molecule is CCCCc1ccc(C(N)=O)c(C2=CC=CC2)c1. The molecule has 0 atom stereocenters. The zero-order valence-electron chi connectivity index (χ0n) is 10.8. The number of primary amides is 1. The number of carbonyl (C=O) groups excluding carboxylic acids is 1. The Balaban J connectivity index is 2.35. The van der Waals surface area contributed by atoms with Crippen LogP contribution in [-0.2, 0) is 6.42 Å². The van der Waals surface area contributed by atoms with E-state index in [1.807, 2.05) is 18.2 Å². The van der Waals surface area contributed by atoms with E-state index in [0.717, 1.165) is 18.4 Å². The van der Waals surface area contributed by atoms with E-state index in [-0.39, 0.29) is 5.91 Å². The summed E-state index contributed by atoms with van der Waals surface area (Å²) in [6, 6.07) is 6.00. The Morgan fingerprint density at radius 1 is 1.39 bits per heavy atom. The molecule has 18 heavy (non-hydrogen) atoms. The maximum absolute atomic E-state index is 11.5. The Labute approximate surface area is 108 Å². The predicted octanol–water partition coefficient (Wildman–Crippen LogP) is 3.47. The van der Waals surface area contributed by atoms with Crippen molar-refractivity contribution < 1.29 is 4.79 Å². The third-order valence-electron chi connectivity index (χ3n) is 3.29. The molecule has 2 rings (SSSR count). The summed E-state index contributed by atoms with van der Waals surface area (Å²) < 4.78 is 0. The maximum Gasteiger partial charge on any atom is 0.249 e. The molecule has 0 bridgehead atoms. The van der Waals surface area contributed by atoms with Crippen LogP contribution in [0, 0.1) is 0 Å². The van der Waals surface area contributed by atoms with Gasteiger partial charge in [0.15, 0.2) is 0 Å². The topological polar surface area (TPSA) is 43.1 Å². The lowest BCUT2D eigenvalue weighted by atomic mass is 9.94. The van der Waals surface area contributed by atoms with Gasteiger partial charge in [-0.2, -0.15) is 0 Å². The second-order valence-corrected chi connectivity index (χ2v) is 4.67. The van der Waals surface area contributed by atoms with E-state index >= 15 is 0 Å². The number of unbranched alkanes of at least 4 members (excludes halogenated alkanes) is 1. The van der Waals surface area contributed by atoms with E-state index in [1.54, 1.807) is 0 Å². The Bertz CT molecular complexity index is 512. The molecule has 2 N–H and O–H groups in total.